The molecule has 8 heteroatoms. The van der Waals surface area contributed by atoms with Crippen molar-refractivity contribution < 1.29 is 0 Å². The zero-order valence-electron chi connectivity index (χ0n) is 13.5. The van der Waals surface area contributed by atoms with Crippen LogP contribution in [0.4, 0.5) is 0 Å². The highest BCUT2D eigenvalue weighted by atomic mass is 35.5. The molecule has 3 aromatic rings. The molecule has 3 heterocycles. The van der Waals surface area contributed by atoms with Crippen molar-refractivity contribution in [2.45, 2.75) is 25.8 Å². The average Bonchev–Trinajstić information content (AvgIpc) is 3.17. The van der Waals surface area contributed by atoms with Gasteiger partial charge < -0.3 is 0 Å². The van der Waals surface area contributed by atoms with Crippen LogP contribution in [0.5, 0.6) is 0 Å². The molecule has 0 aliphatic carbocycles. The minimum absolute atomic E-state index is 0.623. The molecule has 0 bridgehead atoms. The molecule has 0 unspecified atom stereocenters. The van der Waals surface area contributed by atoms with Crippen LogP contribution in [0, 0.1) is 0 Å². The van der Waals surface area contributed by atoms with Gasteiger partial charge in [-0.3, -0.25) is 4.90 Å². The number of piperidine rings is 1. The van der Waals surface area contributed by atoms with E-state index in [4.69, 9.17) is 23.2 Å². The highest BCUT2D eigenvalue weighted by molar-refractivity contribution is 7.17. The molecule has 2 aromatic heterocycles. The van der Waals surface area contributed by atoms with E-state index in [1.807, 2.05) is 28.8 Å². The molecule has 1 fully saturated rings. The van der Waals surface area contributed by atoms with Gasteiger partial charge in [0.2, 0.25) is 4.96 Å². The van der Waals surface area contributed by atoms with E-state index in [-0.39, 0.29) is 0 Å². The normalized spacial score (nSPS) is 16.2. The van der Waals surface area contributed by atoms with Gasteiger partial charge in [-0.15, -0.1) is 10.2 Å². The summed E-state index contributed by atoms with van der Waals surface area (Å²) in [5, 5.41) is 15.3. The van der Waals surface area contributed by atoms with Gasteiger partial charge in [-0.05, 0) is 49.7 Å². The largest absolute Gasteiger partial charge is 0.296 e. The van der Waals surface area contributed by atoms with Crippen molar-refractivity contribution in [3.05, 3.63) is 44.6 Å². The Morgan fingerprint density at radius 1 is 1.08 bits per heavy atom. The van der Waals surface area contributed by atoms with E-state index in [2.05, 4.69) is 20.2 Å². The predicted molar refractivity (Wildman–Crippen MR) is 103 cm³/mol. The number of benzene rings is 1. The summed E-state index contributed by atoms with van der Waals surface area (Å²) in [4.78, 5) is 3.23. The standard InChI is InChI=1S/C17H17Cl2N5S/c18-13-6-4-12(14(19)10-13)5-7-16-22-24-15(20-21-17(24)25-16)11-23-8-2-1-3-9-23/h4-7,10H,1-3,8-9,11H2/b7-5-. The van der Waals surface area contributed by atoms with Gasteiger partial charge in [0.25, 0.3) is 0 Å². The lowest BCUT2D eigenvalue weighted by atomic mass is 10.1. The molecule has 5 nitrogen and oxygen atoms in total. The summed E-state index contributed by atoms with van der Waals surface area (Å²) in [7, 11) is 0. The smallest absolute Gasteiger partial charge is 0.235 e. The summed E-state index contributed by atoms with van der Waals surface area (Å²) in [6, 6.07) is 5.45. The molecule has 0 spiro atoms. The molecule has 130 valence electrons. The summed E-state index contributed by atoms with van der Waals surface area (Å²) in [5.74, 6) is 0.900. The molecule has 1 aromatic carbocycles. The SMILES string of the molecule is Clc1ccc(/C=C\c2nn3c(CN4CCCCC4)nnc3s2)c(Cl)c1. The Labute approximate surface area is 159 Å². The van der Waals surface area contributed by atoms with E-state index in [9.17, 15) is 0 Å². The number of nitrogens with zero attached hydrogens (tertiary/aromatic N) is 5. The molecular weight excluding hydrogens is 377 g/mol. The van der Waals surface area contributed by atoms with Crippen LogP contribution in [0.1, 0.15) is 35.7 Å². The fourth-order valence-corrected chi connectivity index (χ4v) is 4.18. The lowest BCUT2D eigenvalue weighted by molar-refractivity contribution is 0.214. The topological polar surface area (TPSA) is 46.3 Å². The molecule has 0 saturated carbocycles. The minimum atomic E-state index is 0.623. The maximum atomic E-state index is 6.20. The fraction of sp³-hybridized carbons (Fsp3) is 0.353. The first-order chi connectivity index (χ1) is 12.2. The van der Waals surface area contributed by atoms with Crippen molar-refractivity contribution in [1.29, 1.82) is 0 Å². The Morgan fingerprint density at radius 3 is 2.72 bits per heavy atom. The van der Waals surface area contributed by atoms with Crippen LogP contribution in [-0.4, -0.2) is 37.8 Å². The maximum Gasteiger partial charge on any atom is 0.235 e. The lowest BCUT2D eigenvalue weighted by Crippen LogP contribution is -2.30. The second-order valence-electron chi connectivity index (χ2n) is 6.09. The summed E-state index contributed by atoms with van der Waals surface area (Å²) in [5.41, 5.74) is 0.908. The zero-order valence-corrected chi connectivity index (χ0v) is 15.9. The first-order valence-corrected chi connectivity index (χ1v) is 9.83. The molecule has 0 radical (unpaired) electrons. The number of aromatic nitrogens is 4. The van der Waals surface area contributed by atoms with Crippen LogP contribution in [0.15, 0.2) is 18.2 Å². The van der Waals surface area contributed by atoms with Crippen molar-refractivity contribution in [2.75, 3.05) is 13.1 Å². The van der Waals surface area contributed by atoms with E-state index in [1.54, 1.807) is 6.07 Å². The van der Waals surface area contributed by atoms with Crippen LogP contribution in [0.25, 0.3) is 17.1 Å². The highest BCUT2D eigenvalue weighted by Crippen LogP contribution is 2.24. The third kappa shape index (κ3) is 3.87. The lowest BCUT2D eigenvalue weighted by Gasteiger charge is -2.25. The second kappa shape index (κ2) is 7.41. The number of hydrogen-bond donors (Lipinski definition) is 0. The van der Waals surface area contributed by atoms with E-state index in [0.29, 0.717) is 10.0 Å². The number of halogens is 2. The summed E-state index contributed by atoms with van der Waals surface area (Å²) >= 11 is 13.6. The zero-order chi connectivity index (χ0) is 17.2. The Kier molecular flexibility index (Phi) is 5.03. The molecule has 0 amide bonds. The van der Waals surface area contributed by atoms with Crippen LogP contribution in [-0.2, 0) is 6.54 Å². The van der Waals surface area contributed by atoms with E-state index >= 15 is 0 Å². The van der Waals surface area contributed by atoms with Crippen molar-refractivity contribution in [1.82, 2.24) is 24.7 Å². The van der Waals surface area contributed by atoms with Gasteiger partial charge in [-0.2, -0.15) is 9.61 Å². The maximum absolute atomic E-state index is 6.20. The minimum Gasteiger partial charge on any atom is -0.296 e. The molecule has 0 atom stereocenters. The van der Waals surface area contributed by atoms with Gasteiger partial charge in [-0.1, -0.05) is 53.1 Å². The molecule has 0 N–H and O–H groups in total. The molecule has 25 heavy (non-hydrogen) atoms. The van der Waals surface area contributed by atoms with Crippen molar-refractivity contribution in [2.24, 2.45) is 0 Å². The number of hydrogen-bond acceptors (Lipinski definition) is 5. The molecule has 1 aliphatic heterocycles. The van der Waals surface area contributed by atoms with Crippen LogP contribution in [0.3, 0.4) is 0 Å². The Hall–Kier alpha value is -1.47. The van der Waals surface area contributed by atoms with Crippen molar-refractivity contribution >= 4 is 51.7 Å². The Bertz CT molecular complexity index is 911. The average molecular weight is 394 g/mol. The van der Waals surface area contributed by atoms with E-state index in [0.717, 1.165) is 41.0 Å². The summed E-state index contributed by atoms with van der Waals surface area (Å²) < 4.78 is 1.85. The van der Waals surface area contributed by atoms with Gasteiger partial charge in [0.1, 0.15) is 5.01 Å². The van der Waals surface area contributed by atoms with Gasteiger partial charge in [0, 0.05) is 10.0 Å². The van der Waals surface area contributed by atoms with Gasteiger partial charge in [0.15, 0.2) is 5.82 Å². The van der Waals surface area contributed by atoms with Gasteiger partial charge >= 0.3 is 0 Å². The van der Waals surface area contributed by atoms with Crippen LogP contribution in [0.2, 0.25) is 10.0 Å². The van der Waals surface area contributed by atoms with Gasteiger partial charge in [-0.25, -0.2) is 0 Å². The molecule has 1 aliphatic rings. The third-order valence-electron chi connectivity index (χ3n) is 4.25. The predicted octanol–water partition coefficient (Wildman–Crippen LogP) is 4.65. The van der Waals surface area contributed by atoms with Crippen molar-refractivity contribution in [3.63, 3.8) is 0 Å². The summed E-state index contributed by atoms with van der Waals surface area (Å²) in [6.07, 6.45) is 7.72. The van der Waals surface area contributed by atoms with Crippen LogP contribution >= 0.6 is 34.5 Å². The first-order valence-electron chi connectivity index (χ1n) is 8.26. The Morgan fingerprint density at radius 2 is 1.92 bits per heavy atom. The fourth-order valence-electron chi connectivity index (χ4n) is 2.95. The molecule has 4 rings (SSSR count). The highest BCUT2D eigenvalue weighted by Gasteiger charge is 2.16. The van der Waals surface area contributed by atoms with E-state index in [1.165, 1.54) is 30.6 Å². The first kappa shape index (κ1) is 17.0. The van der Waals surface area contributed by atoms with Crippen LogP contribution < -0.4 is 0 Å². The number of likely N-dealkylation sites (tertiary alicyclic amines) is 1. The summed E-state index contributed by atoms with van der Waals surface area (Å²) in [6.45, 7) is 3.05. The monoisotopic (exact) mass is 393 g/mol. The van der Waals surface area contributed by atoms with Crippen molar-refractivity contribution in [3.8, 4) is 0 Å². The quantitative estimate of drug-likeness (QED) is 0.646. The third-order valence-corrected chi connectivity index (χ3v) is 5.68. The number of rotatable bonds is 4. The van der Waals surface area contributed by atoms with E-state index < -0.39 is 0 Å². The number of fused-ring (bicyclic) bond motifs is 1. The molecular formula is C17H17Cl2N5S. The molecule has 1 saturated heterocycles. The second-order valence-corrected chi connectivity index (χ2v) is 7.92. The van der Waals surface area contributed by atoms with Gasteiger partial charge in [0.05, 0.1) is 6.54 Å². The Balaban J connectivity index is 1.54.